The second-order valence-corrected chi connectivity index (χ2v) is 12.8. The van der Waals surface area contributed by atoms with E-state index in [0.29, 0.717) is 45.3 Å². The second-order valence-electron chi connectivity index (χ2n) is 12.8. The molecule has 4 N–H and O–H groups in total. The van der Waals surface area contributed by atoms with Crippen molar-refractivity contribution in [3.05, 3.63) is 12.2 Å². The Hall–Kier alpha value is -3.11. The fourth-order valence-electron chi connectivity index (χ4n) is 5.65. The minimum Gasteiger partial charge on any atom is -0.479 e. The van der Waals surface area contributed by atoms with E-state index in [9.17, 15) is 29.1 Å². The van der Waals surface area contributed by atoms with Gasteiger partial charge in [0.15, 0.2) is 0 Å². The summed E-state index contributed by atoms with van der Waals surface area (Å²) in [5, 5.41) is 18.1. The van der Waals surface area contributed by atoms with E-state index >= 15 is 0 Å². The zero-order valence-corrected chi connectivity index (χ0v) is 25.2. The average molecular weight is 576 g/mol. The molecule has 3 aliphatic rings. The van der Waals surface area contributed by atoms with Crippen molar-refractivity contribution >= 4 is 29.7 Å². The number of unbranched alkanes of at least 4 members (excludes halogenated alkanes) is 3. The maximum atomic E-state index is 13.2. The van der Waals surface area contributed by atoms with E-state index in [1.54, 1.807) is 4.90 Å². The van der Waals surface area contributed by atoms with Gasteiger partial charge in [0.25, 0.3) is 0 Å². The van der Waals surface area contributed by atoms with Crippen LogP contribution in [0.2, 0.25) is 0 Å². The summed E-state index contributed by atoms with van der Waals surface area (Å²) in [4.78, 5) is 66.5. The molecule has 2 saturated heterocycles. The van der Waals surface area contributed by atoms with Crippen LogP contribution in [-0.4, -0.2) is 88.4 Å². The zero-order valence-electron chi connectivity index (χ0n) is 25.2. The molecule has 0 aromatic carbocycles. The van der Waals surface area contributed by atoms with Gasteiger partial charge in [-0.1, -0.05) is 52.7 Å². The molecule has 0 aromatic rings. The molecule has 11 nitrogen and oxygen atoms in total. The van der Waals surface area contributed by atoms with Crippen LogP contribution in [0.4, 0.5) is 4.79 Å². The lowest BCUT2D eigenvalue weighted by Gasteiger charge is -2.37. The Labute approximate surface area is 243 Å². The van der Waals surface area contributed by atoms with Gasteiger partial charge in [0.05, 0.1) is 12.6 Å². The van der Waals surface area contributed by atoms with Crippen molar-refractivity contribution in [1.29, 1.82) is 0 Å². The summed E-state index contributed by atoms with van der Waals surface area (Å²) in [6.07, 6.45) is 11.8. The first kappa shape index (κ1) is 32.4. The maximum absolute atomic E-state index is 13.2. The van der Waals surface area contributed by atoms with Crippen LogP contribution in [0.1, 0.15) is 91.9 Å². The van der Waals surface area contributed by atoms with E-state index in [1.165, 1.54) is 4.90 Å². The Kier molecular flexibility index (Phi) is 11.2. The molecule has 3 rings (SSSR count). The van der Waals surface area contributed by atoms with E-state index in [1.807, 2.05) is 32.9 Å². The monoisotopic (exact) mass is 575 g/mol. The number of carboxylic acids is 1. The Morgan fingerprint density at radius 1 is 1.12 bits per heavy atom. The van der Waals surface area contributed by atoms with Crippen molar-refractivity contribution in [2.24, 2.45) is 11.3 Å². The molecule has 230 valence electrons. The molecular formula is C30H49N5O6. The molecule has 2 heterocycles. The number of allylic oxidation sites excluding steroid dienone is 1. The number of urea groups is 1. The van der Waals surface area contributed by atoms with E-state index in [0.717, 1.165) is 38.5 Å². The minimum atomic E-state index is -1.33. The highest BCUT2D eigenvalue weighted by atomic mass is 16.4. The van der Waals surface area contributed by atoms with Crippen LogP contribution in [-0.2, 0) is 19.2 Å². The molecule has 1 saturated carbocycles. The Morgan fingerprint density at radius 3 is 2.54 bits per heavy atom. The number of hydrogen-bond acceptors (Lipinski definition) is 5. The summed E-state index contributed by atoms with van der Waals surface area (Å²) in [5.41, 5.74) is -1.64. The number of hydrogen-bond donors (Lipinski definition) is 4. The molecule has 1 aliphatic carbocycles. The summed E-state index contributed by atoms with van der Waals surface area (Å²) < 4.78 is 0. The van der Waals surface area contributed by atoms with Crippen LogP contribution < -0.4 is 16.0 Å². The number of likely N-dealkylation sites (tertiary alicyclic amines) is 2. The van der Waals surface area contributed by atoms with Gasteiger partial charge in [0.2, 0.25) is 17.7 Å². The number of rotatable bonds is 13. The summed E-state index contributed by atoms with van der Waals surface area (Å²) >= 11 is 0. The van der Waals surface area contributed by atoms with Crippen LogP contribution in [0, 0.1) is 11.3 Å². The molecule has 0 spiro atoms. The van der Waals surface area contributed by atoms with E-state index in [2.05, 4.69) is 22.9 Å². The molecule has 3 fully saturated rings. The fourth-order valence-corrected chi connectivity index (χ4v) is 5.65. The summed E-state index contributed by atoms with van der Waals surface area (Å²) in [6, 6.07) is -1.60. The van der Waals surface area contributed by atoms with Crippen molar-refractivity contribution < 1.29 is 29.1 Å². The number of aliphatic carboxylic acids is 1. The number of amides is 5. The lowest BCUT2D eigenvalue weighted by molar-refractivity contribution is -0.145. The van der Waals surface area contributed by atoms with Gasteiger partial charge in [-0.2, -0.15) is 0 Å². The second kappa shape index (κ2) is 14.2. The smallest absolute Gasteiger partial charge is 0.330 e. The Morgan fingerprint density at radius 2 is 1.88 bits per heavy atom. The number of nitrogens with one attached hydrogen (secondary N) is 3. The average Bonchev–Trinajstić information content (AvgIpc) is 3.37. The zero-order chi connectivity index (χ0) is 30.2. The summed E-state index contributed by atoms with van der Waals surface area (Å²) in [7, 11) is 0. The lowest BCUT2D eigenvalue weighted by Crippen LogP contribution is -2.56. The predicted molar refractivity (Wildman–Crippen MR) is 155 cm³/mol. The maximum Gasteiger partial charge on any atom is 0.330 e. The van der Waals surface area contributed by atoms with E-state index < -0.39 is 35.4 Å². The lowest BCUT2D eigenvalue weighted by atomic mass is 9.86. The van der Waals surface area contributed by atoms with Crippen molar-refractivity contribution in [3.8, 4) is 0 Å². The third-order valence-corrected chi connectivity index (χ3v) is 8.54. The highest BCUT2D eigenvalue weighted by Gasteiger charge is 2.61. The first-order chi connectivity index (χ1) is 19.4. The highest BCUT2D eigenvalue weighted by molar-refractivity contribution is 5.95. The molecule has 2 aliphatic heterocycles. The molecule has 0 aromatic heterocycles. The van der Waals surface area contributed by atoms with Gasteiger partial charge >= 0.3 is 12.0 Å². The van der Waals surface area contributed by atoms with Gasteiger partial charge in [0, 0.05) is 32.0 Å². The van der Waals surface area contributed by atoms with Gasteiger partial charge in [0.1, 0.15) is 11.6 Å². The quantitative estimate of drug-likeness (QED) is 0.196. The number of carbonyl (C=O) groups is 5. The third kappa shape index (κ3) is 8.69. The van der Waals surface area contributed by atoms with Gasteiger partial charge < -0.3 is 30.9 Å². The van der Waals surface area contributed by atoms with Crippen molar-refractivity contribution in [1.82, 2.24) is 25.8 Å². The van der Waals surface area contributed by atoms with Crippen molar-refractivity contribution in [2.45, 2.75) is 110 Å². The number of nitrogens with zero attached hydrogens (tertiary/aromatic N) is 2. The van der Waals surface area contributed by atoms with Gasteiger partial charge in [-0.05, 0) is 50.4 Å². The SMILES string of the molecule is CCCCC/C=C\C1C[C@]1(NC(=O)[C@@H]1CCCN1C(=O)CNC(=O)N[C@H](CN1CCCCC1=O)C(C)(C)C)C(=O)O. The molecule has 11 heteroatoms. The molecule has 0 bridgehead atoms. The highest BCUT2D eigenvalue weighted by Crippen LogP contribution is 2.45. The molecule has 4 atom stereocenters. The van der Waals surface area contributed by atoms with Crippen molar-refractivity contribution in [2.75, 3.05) is 26.2 Å². The minimum absolute atomic E-state index is 0.0893. The largest absolute Gasteiger partial charge is 0.479 e. The summed E-state index contributed by atoms with van der Waals surface area (Å²) in [6.45, 7) is 9.24. The molecule has 5 amide bonds. The van der Waals surface area contributed by atoms with Crippen LogP contribution in [0.15, 0.2) is 12.2 Å². The van der Waals surface area contributed by atoms with Crippen LogP contribution in [0.25, 0.3) is 0 Å². The van der Waals surface area contributed by atoms with E-state index in [-0.39, 0.29) is 29.8 Å². The van der Waals surface area contributed by atoms with Crippen LogP contribution in [0.5, 0.6) is 0 Å². The Bertz CT molecular complexity index is 1010. The van der Waals surface area contributed by atoms with Crippen LogP contribution >= 0.6 is 0 Å². The fraction of sp³-hybridized carbons (Fsp3) is 0.767. The topological polar surface area (TPSA) is 148 Å². The molecule has 1 unspecified atom stereocenters. The standard InChI is InChI=1S/C30H49N5O6/c1-5-6-7-8-9-13-21-18-30(21,27(39)40)33-26(38)22-14-12-17-35(22)25(37)19-31-28(41)32-23(29(2,3)4)20-34-16-11-10-15-24(34)36/h9,13,21-23H,5-8,10-12,14-20H2,1-4H3,(H,33,38)(H,39,40)(H2,31,32,41)/b13-9-/t21?,22-,23+,30+/m0/s1. The number of piperidine rings is 1. The van der Waals surface area contributed by atoms with Gasteiger partial charge in [-0.25, -0.2) is 9.59 Å². The molecule has 0 radical (unpaired) electrons. The molecular weight excluding hydrogens is 526 g/mol. The van der Waals surface area contributed by atoms with E-state index in [4.69, 9.17) is 0 Å². The van der Waals surface area contributed by atoms with Crippen molar-refractivity contribution in [3.63, 3.8) is 0 Å². The van der Waals surface area contributed by atoms with Gasteiger partial charge in [-0.3, -0.25) is 14.4 Å². The summed E-state index contributed by atoms with van der Waals surface area (Å²) in [5.74, 6) is -2.11. The third-order valence-electron chi connectivity index (χ3n) is 8.54. The van der Waals surface area contributed by atoms with Gasteiger partial charge in [-0.15, -0.1) is 0 Å². The normalized spacial score (nSPS) is 25.2. The number of carboxylic acid groups (broad SMARTS) is 1. The predicted octanol–water partition coefficient (Wildman–Crippen LogP) is 2.80. The molecule has 41 heavy (non-hydrogen) atoms. The number of carbonyl (C=O) groups excluding carboxylic acids is 4. The van der Waals surface area contributed by atoms with Crippen LogP contribution in [0.3, 0.4) is 0 Å². The first-order valence-corrected chi connectivity index (χ1v) is 15.2. The Balaban J connectivity index is 1.52. The first-order valence-electron chi connectivity index (χ1n) is 15.2.